The molecule has 2 aliphatic rings. The number of amides is 2. The molecule has 0 saturated carbocycles. The number of hydrogen-bond donors (Lipinski definition) is 2. The van der Waals surface area contributed by atoms with E-state index in [4.69, 9.17) is 5.73 Å². The summed E-state index contributed by atoms with van der Waals surface area (Å²) in [6.45, 7) is 2.67. The number of piperidine rings is 1. The van der Waals surface area contributed by atoms with Gasteiger partial charge >= 0.3 is 0 Å². The van der Waals surface area contributed by atoms with Gasteiger partial charge in [0.1, 0.15) is 0 Å². The van der Waals surface area contributed by atoms with Gasteiger partial charge in [-0.1, -0.05) is 0 Å². The monoisotopic (exact) mass is 267 g/mol. The zero-order valence-corrected chi connectivity index (χ0v) is 11.6. The van der Waals surface area contributed by atoms with Crippen molar-refractivity contribution in [2.24, 2.45) is 11.7 Å². The molecule has 0 bridgehead atoms. The minimum atomic E-state index is -0.225. The van der Waals surface area contributed by atoms with Crippen LogP contribution in [0.25, 0.3) is 0 Å². The first-order chi connectivity index (χ1) is 9.15. The van der Waals surface area contributed by atoms with Crippen molar-refractivity contribution in [3.05, 3.63) is 0 Å². The molecule has 0 aromatic carbocycles. The molecule has 1 unspecified atom stereocenters. The molecule has 5 heteroatoms. The highest BCUT2D eigenvalue weighted by Crippen LogP contribution is 2.21. The van der Waals surface area contributed by atoms with Crippen LogP contribution < -0.4 is 11.1 Å². The van der Waals surface area contributed by atoms with Gasteiger partial charge in [-0.2, -0.15) is 0 Å². The molecule has 0 radical (unpaired) electrons. The molecule has 0 aromatic rings. The maximum atomic E-state index is 12.1. The SMILES string of the molecule is NC(=O)CC1CCN(C(=O)CCC2CCCN2)CC1. The molecule has 0 spiro atoms. The second-order valence-electron chi connectivity index (χ2n) is 5.83. The van der Waals surface area contributed by atoms with E-state index in [1.54, 1.807) is 0 Å². The molecular formula is C14H25N3O2. The van der Waals surface area contributed by atoms with Gasteiger partial charge in [0.25, 0.3) is 0 Å². The molecular weight excluding hydrogens is 242 g/mol. The Kier molecular flexibility index (Phi) is 5.19. The normalized spacial score (nSPS) is 24.6. The predicted molar refractivity (Wildman–Crippen MR) is 73.4 cm³/mol. The van der Waals surface area contributed by atoms with Crippen molar-refractivity contribution in [1.82, 2.24) is 10.2 Å². The Morgan fingerprint density at radius 3 is 2.53 bits per heavy atom. The molecule has 19 heavy (non-hydrogen) atoms. The zero-order chi connectivity index (χ0) is 13.7. The summed E-state index contributed by atoms with van der Waals surface area (Å²) in [6, 6.07) is 0.538. The van der Waals surface area contributed by atoms with Crippen LogP contribution in [0.1, 0.15) is 44.9 Å². The number of primary amides is 1. The summed E-state index contributed by atoms with van der Waals surface area (Å²) in [5, 5.41) is 3.42. The van der Waals surface area contributed by atoms with Gasteiger partial charge in [-0.05, 0) is 44.6 Å². The summed E-state index contributed by atoms with van der Waals surface area (Å²) in [5.41, 5.74) is 5.21. The van der Waals surface area contributed by atoms with E-state index >= 15 is 0 Å². The average molecular weight is 267 g/mol. The molecule has 2 heterocycles. The molecule has 2 saturated heterocycles. The number of carbonyl (C=O) groups is 2. The number of nitrogens with one attached hydrogen (secondary N) is 1. The van der Waals surface area contributed by atoms with E-state index in [1.165, 1.54) is 12.8 Å². The fourth-order valence-corrected chi connectivity index (χ4v) is 3.13. The molecule has 108 valence electrons. The number of carbonyl (C=O) groups excluding carboxylic acids is 2. The highest BCUT2D eigenvalue weighted by atomic mass is 16.2. The lowest BCUT2D eigenvalue weighted by atomic mass is 9.93. The van der Waals surface area contributed by atoms with E-state index in [0.717, 1.165) is 38.9 Å². The van der Waals surface area contributed by atoms with Crippen LogP contribution >= 0.6 is 0 Å². The van der Waals surface area contributed by atoms with E-state index in [1.807, 2.05) is 4.90 Å². The Hall–Kier alpha value is -1.10. The number of nitrogens with two attached hydrogens (primary N) is 1. The van der Waals surface area contributed by atoms with Gasteiger partial charge in [-0.15, -0.1) is 0 Å². The molecule has 0 aromatic heterocycles. The van der Waals surface area contributed by atoms with Crippen molar-refractivity contribution in [1.29, 1.82) is 0 Å². The van der Waals surface area contributed by atoms with E-state index < -0.39 is 0 Å². The van der Waals surface area contributed by atoms with Crippen molar-refractivity contribution in [3.63, 3.8) is 0 Å². The summed E-state index contributed by atoms with van der Waals surface area (Å²) in [6.07, 6.45) is 6.34. The first-order valence-electron chi connectivity index (χ1n) is 7.44. The van der Waals surface area contributed by atoms with Gasteiger partial charge in [0.05, 0.1) is 0 Å². The minimum Gasteiger partial charge on any atom is -0.370 e. The first kappa shape index (κ1) is 14.3. The quantitative estimate of drug-likeness (QED) is 0.767. The average Bonchev–Trinajstić information content (AvgIpc) is 2.89. The summed E-state index contributed by atoms with van der Waals surface area (Å²) in [7, 11) is 0. The maximum absolute atomic E-state index is 12.1. The first-order valence-corrected chi connectivity index (χ1v) is 7.44. The molecule has 2 rings (SSSR count). The number of rotatable bonds is 5. The van der Waals surface area contributed by atoms with E-state index in [0.29, 0.717) is 24.8 Å². The molecule has 2 amide bonds. The van der Waals surface area contributed by atoms with Crippen LogP contribution in [0.4, 0.5) is 0 Å². The smallest absolute Gasteiger partial charge is 0.222 e. The second kappa shape index (κ2) is 6.89. The van der Waals surface area contributed by atoms with Crippen LogP contribution in [0.3, 0.4) is 0 Å². The highest BCUT2D eigenvalue weighted by molar-refractivity contribution is 5.76. The van der Waals surface area contributed by atoms with Gasteiger partial charge in [-0.3, -0.25) is 9.59 Å². The Labute approximate surface area is 114 Å². The predicted octanol–water partition coefficient (Wildman–Crippen LogP) is 0.633. The Morgan fingerprint density at radius 1 is 1.21 bits per heavy atom. The van der Waals surface area contributed by atoms with Gasteiger partial charge in [0, 0.05) is 32.0 Å². The molecule has 3 N–H and O–H groups in total. The Balaban J connectivity index is 1.65. The third-order valence-electron chi connectivity index (χ3n) is 4.33. The Morgan fingerprint density at radius 2 is 1.95 bits per heavy atom. The summed E-state index contributed by atoms with van der Waals surface area (Å²) >= 11 is 0. The minimum absolute atomic E-state index is 0.225. The lowest BCUT2D eigenvalue weighted by Crippen LogP contribution is -2.39. The lowest BCUT2D eigenvalue weighted by Gasteiger charge is -2.31. The third kappa shape index (κ3) is 4.49. The number of hydrogen-bond acceptors (Lipinski definition) is 3. The molecule has 2 aliphatic heterocycles. The summed E-state index contributed by atoms with van der Waals surface area (Å²) in [5.74, 6) is 0.418. The zero-order valence-electron chi connectivity index (χ0n) is 11.6. The van der Waals surface area contributed by atoms with Crippen LogP contribution in [0.5, 0.6) is 0 Å². The largest absolute Gasteiger partial charge is 0.370 e. The fourth-order valence-electron chi connectivity index (χ4n) is 3.13. The number of likely N-dealkylation sites (tertiary alicyclic amines) is 1. The van der Waals surface area contributed by atoms with Crippen LogP contribution in [-0.2, 0) is 9.59 Å². The maximum Gasteiger partial charge on any atom is 0.222 e. The van der Waals surface area contributed by atoms with E-state index in [9.17, 15) is 9.59 Å². The van der Waals surface area contributed by atoms with Gasteiger partial charge in [0.2, 0.25) is 11.8 Å². The molecule has 1 atom stereocenters. The van der Waals surface area contributed by atoms with Crippen LogP contribution in [0, 0.1) is 5.92 Å². The van der Waals surface area contributed by atoms with Crippen molar-refractivity contribution >= 4 is 11.8 Å². The standard InChI is InChI=1S/C14H25N3O2/c15-13(18)10-11-5-8-17(9-6-11)14(19)4-3-12-2-1-7-16-12/h11-12,16H,1-10H2,(H2,15,18). The second-order valence-corrected chi connectivity index (χ2v) is 5.83. The van der Waals surface area contributed by atoms with Crippen LogP contribution in [0.2, 0.25) is 0 Å². The molecule has 5 nitrogen and oxygen atoms in total. The van der Waals surface area contributed by atoms with E-state index in [-0.39, 0.29) is 11.8 Å². The number of nitrogens with zero attached hydrogens (tertiary/aromatic N) is 1. The molecule has 0 aliphatic carbocycles. The van der Waals surface area contributed by atoms with Crippen LogP contribution in [0.15, 0.2) is 0 Å². The van der Waals surface area contributed by atoms with Gasteiger partial charge < -0.3 is 16.0 Å². The summed E-state index contributed by atoms with van der Waals surface area (Å²) in [4.78, 5) is 24.9. The van der Waals surface area contributed by atoms with Crippen molar-refractivity contribution in [3.8, 4) is 0 Å². The summed E-state index contributed by atoms with van der Waals surface area (Å²) < 4.78 is 0. The molecule has 2 fully saturated rings. The van der Waals surface area contributed by atoms with E-state index in [2.05, 4.69) is 5.32 Å². The third-order valence-corrected chi connectivity index (χ3v) is 4.33. The Bertz CT molecular complexity index is 319. The van der Waals surface area contributed by atoms with Crippen molar-refractivity contribution in [2.45, 2.75) is 51.0 Å². The highest BCUT2D eigenvalue weighted by Gasteiger charge is 2.24. The fraction of sp³-hybridized carbons (Fsp3) is 0.857. The topological polar surface area (TPSA) is 75.4 Å². The van der Waals surface area contributed by atoms with Gasteiger partial charge in [0.15, 0.2) is 0 Å². The van der Waals surface area contributed by atoms with Crippen LogP contribution in [-0.4, -0.2) is 42.4 Å². The van der Waals surface area contributed by atoms with Crippen molar-refractivity contribution < 1.29 is 9.59 Å². The lowest BCUT2D eigenvalue weighted by molar-refractivity contribution is -0.132. The van der Waals surface area contributed by atoms with Crippen molar-refractivity contribution in [2.75, 3.05) is 19.6 Å². The van der Waals surface area contributed by atoms with Gasteiger partial charge in [-0.25, -0.2) is 0 Å².